The lowest BCUT2D eigenvalue weighted by Crippen LogP contribution is -2.38. The number of hydrogen-bond acceptors (Lipinski definition) is 8. The van der Waals surface area contributed by atoms with Crippen LogP contribution < -0.4 is 15.5 Å². The normalized spacial score (nSPS) is 13.9. The van der Waals surface area contributed by atoms with Crippen LogP contribution in [0.2, 0.25) is 0 Å². The number of aromatic amines is 1. The van der Waals surface area contributed by atoms with E-state index in [1.165, 1.54) is 18.2 Å². The number of ether oxygens (including phenoxy) is 1. The van der Waals surface area contributed by atoms with Crippen molar-refractivity contribution in [2.75, 3.05) is 28.6 Å². The van der Waals surface area contributed by atoms with Gasteiger partial charge in [0.2, 0.25) is 5.91 Å². The Kier molecular flexibility index (Phi) is 8.11. The number of non-ortho nitro benzene ring substituents is 1. The predicted octanol–water partition coefficient (Wildman–Crippen LogP) is 5.53. The van der Waals surface area contributed by atoms with Crippen molar-refractivity contribution in [2.45, 2.75) is 39.2 Å². The minimum atomic E-state index is -0.650. The van der Waals surface area contributed by atoms with Crippen LogP contribution in [0.5, 0.6) is 0 Å². The van der Waals surface area contributed by atoms with Crippen molar-refractivity contribution in [3.05, 3.63) is 88.4 Å². The molecule has 5 rings (SSSR count). The molecule has 222 valence electrons. The molecule has 2 aromatic heterocycles. The molecule has 0 unspecified atom stereocenters. The number of nitro groups is 1. The molecule has 1 aliphatic heterocycles. The summed E-state index contributed by atoms with van der Waals surface area (Å²) in [5.74, 6) is -1.67. The third-order valence-corrected chi connectivity index (χ3v) is 7.11. The van der Waals surface area contributed by atoms with Crippen LogP contribution in [-0.4, -0.2) is 51.4 Å². The Balaban J connectivity index is 1.30. The Hall–Kier alpha value is -5.26. The molecule has 0 saturated carbocycles. The van der Waals surface area contributed by atoms with Crippen LogP contribution in [-0.2, 0) is 9.53 Å². The summed E-state index contributed by atoms with van der Waals surface area (Å²) in [6, 6.07) is 14.3. The van der Waals surface area contributed by atoms with Gasteiger partial charge in [0, 0.05) is 65.8 Å². The summed E-state index contributed by atoms with van der Waals surface area (Å²) in [7, 11) is 0. The molecular weight excluding hydrogens is 552 g/mol. The van der Waals surface area contributed by atoms with E-state index in [0.29, 0.717) is 37.1 Å². The van der Waals surface area contributed by atoms with Crippen molar-refractivity contribution in [1.29, 1.82) is 0 Å². The molecule has 4 aromatic rings. The topological polar surface area (TPSA) is 160 Å². The number of pyridine rings is 1. The Morgan fingerprint density at radius 2 is 1.72 bits per heavy atom. The van der Waals surface area contributed by atoms with Gasteiger partial charge in [0.05, 0.1) is 16.2 Å². The van der Waals surface area contributed by atoms with E-state index >= 15 is 0 Å². The molecule has 12 nitrogen and oxygen atoms in total. The number of nitro benzene ring substituents is 1. The average Bonchev–Trinajstić information content (AvgIpc) is 3.40. The lowest BCUT2D eigenvalue weighted by atomic mass is 9.95. The molecule has 0 spiro atoms. The summed E-state index contributed by atoms with van der Waals surface area (Å²) in [4.78, 5) is 59.2. The van der Waals surface area contributed by atoms with Gasteiger partial charge in [0.25, 0.3) is 11.6 Å². The van der Waals surface area contributed by atoms with E-state index in [1.807, 2.05) is 12.1 Å². The molecule has 0 atom stereocenters. The lowest BCUT2D eigenvalue weighted by Gasteiger charge is -2.33. The lowest BCUT2D eigenvalue weighted by molar-refractivity contribution is -0.384. The van der Waals surface area contributed by atoms with Crippen molar-refractivity contribution in [2.24, 2.45) is 5.92 Å². The van der Waals surface area contributed by atoms with Gasteiger partial charge >= 0.3 is 5.97 Å². The number of carbonyl (C=O) groups excluding carboxylic acids is 3. The fourth-order valence-corrected chi connectivity index (χ4v) is 4.98. The fraction of sp³-hybridized carbons (Fsp3) is 0.290. The number of carbonyl (C=O) groups is 3. The van der Waals surface area contributed by atoms with Crippen molar-refractivity contribution < 1.29 is 24.0 Å². The molecule has 43 heavy (non-hydrogen) atoms. The Bertz CT molecular complexity index is 1690. The first-order valence-corrected chi connectivity index (χ1v) is 13.9. The van der Waals surface area contributed by atoms with E-state index in [4.69, 9.17) is 4.74 Å². The quantitative estimate of drug-likeness (QED) is 0.145. The summed E-state index contributed by atoms with van der Waals surface area (Å²) in [6.45, 7) is 6.68. The molecule has 3 heterocycles. The Morgan fingerprint density at radius 3 is 2.40 bits per heavy atom. The summed E-state index contributed by atoms with van der Waals surface area (Å²) >= 11 is 0. The first-order chi connectivity index (χ1) is 20.5. The number of piperidine rings is 1. The molecule has 1 saturated heterocycles. The third kappa shape index (κ3) is 6.97. The second kappa shape index (κ2) is 11.9. The van der Waals surface area contributed by atoms with E-state index in [0.717, 1.165) is 11.1 Å². The van der Waals surface area contributed by atoms with Crippen LogP contribution in [0.25, 0.3) is 10.9 Å². The van der Waals surface area contributed by atoms with Crippen LogP contribution in [0, 0.1) is 16.0 Å². The summed E-state index contributed by atoms with van der Waals surface area (Å²) in [6.07, 6.45) is 4.62. The van der Waals surface area contributed by atoms with Gasteiger partial charge in [0.1, 0.15) is 11.3 Å². The van der Waals surface area contributed by atoms with E-state index in [2.05, 4.69) is 25.5 Å². The molecule has 0 bridgehead atoms. The highest BCUT2D eigenvalue weighted by molar-refractivity contribution is 6.11. The smallest absolute Gasteiger partial charge is 0.355 e. The summed E-state index contributed by atoms with van der Waals surface area (Å²) in [5, 5.41) is 17.8. The number of fused-ring (bicyclic) bond motifs is 1. The molecule has 1 aliphatic rings. The second-order valence-corrected chi connectivity index (χ2v) is 11.4. The molecule has 3 N–H and O–H groups in total. The minimum absolute atomic E-state index is 0.0569. The number of H-pyrrole nitrogens is 1. The maximum absolute atomic E-state index is 13.4. The van der Waals surface area contributed by atoms with E-state index in [-0.39, 0.29) is 34.5 Å². The van der Waals surface area contributed by atoms with Crippen LogP contribution in [0.1, 0.15) is 54.5 Å². The number of aromatic nitrogens is 2. The highest BCUT2D eigenvalue weighted by Gasteiger charge is 2.27. The van der Waals surface area contributed by atoms with Gasteiger partial charge in [-0.05, 0) is 70.0 Å². The minimum Gasteiger partial charge on any atom is -0.455 e. The molecule has 2 amide bonds. The zero-order chi connectivity index (χ0) is 30.7. The van der Waals surface area contributed by atoms with Crippen LogP contribution in [0.4, 0.5) is 22.7 Å². The van der Waals surface area contributed by atoms with Gasteiger partial charge in [-0.1, -0.05) is 6.07 Å². The largest absolute Gasteiger partial charge is 0.455 e. The van der Waals surface area contributed by atoms with Crippen molar-refractivity contribution in [3.63, 3.8) is 0 Å². The predicted molar refractivity (Wildman–Crippen MR) is 162 cm³/mol. The SMILES string of the molecule is CC(C)(C)OC(=O)c1cc2ccc(NC(=O)c3ccc([N+](=O)[O-])cc3NC(=O)C3CCN(c4ccncc4)CC3)cc2[nH]1. The number of nitrogens with one attached hydrogen (secondary N) is 3. The zero-order valence-electron chi connectivity index (χ0n) is 24.0. The van der Waals surface area contributed by atoms with Gasteiger partial charge < -0.3 is 25.3 Å². The highest BCUT2D eigenvalue weighted by Crippen LogP contribution is 2.28. The van der Waals surface area contributed by atoms with Crippen molar-refractivity contribution >= 4 is 51.4 Å². The summed E-state index contributed by atoms with van der Waals surface area (Å²) < 4.78 is 5.42. The molecule has 1 fully saturated rings. The Labute approximate surface area is 247 Å². The van der Waals surface area contributed by atoms with Gasteiger partial charge in [-0.15, -0.1) is 0 Å². The maximum Gasteiger partial charge on any atom is 0.355 e. The van der Waals surface area contributed by atoms with Gasteiger partial charge in [-0.2, -0.15) is 0 Å². The first-order valence-electron chi connectivity index (χ1n) is 13.9. The van der Waals surface area contributed by atoms with Crippen LogP contribution in [0.15, 0.2) is 67.0 Å². The number of esters is 1. The number of hydrogen-bond donors (Lipinski definition) is 3. The first kappa shape index (κ1) is 29.2. The number of benzene rings is 2. The summed E-state index contributed by atoms with van der Waals surface area (Å²) in [5.41, 5.74) is 1.58. The molecular formula is C31H32N6O6. The van der Waals surface area contributed by atoms with Gasteiger partial charge in [-0.25, -0.2) is 4.79 Å². The second-order valence-electron chi connectivity index (χ2n) is 11.4. The van der Waals surface area contributed by atoms with E-state index < -0.39 is 22.4 Å². The zero-order valence-corrected chi connectivity index (χ0v) is 24.0. The number of nitrogens with zero attached hydrogens (tertiary/aromatic N) is 3. The van der Waals surface area contributed by atoms with E-state index in [1.54, 1.807) is 57.4 Å². The van der Waals surface area contributed by atoms with Gasteiger partial charge in [-0.3, -0.25) is 24.7 Å². The molecule has 12 heteroatoms. The van der Waals surface area contributed by atoms with Crippen LogP contribution in [0.3, 0.4) is 0 Å². The highest BCUT2D eigenvalue weighted by atomic mass is 16.6. The molecule has 0 aliphatic carbocycles. The van der Waals surface area contributed by atoms with Crippen molar-refractivity contribution in [1.82, 2.24) is 9.97 Å². The number of amides is 2. The number of rotatable bonds is 7. The maximum atomic E-state index is 13.4. The van der Waals surface area contributed by atoms with Crippen LogP contribution >= 0.6 is 0 Å². The van der Waals surface area contributed by atoms with Gasteiger partial charge in [0.15, 0.2) is 0 Å². The molecule has 2 aromatic carbocycles. The fourth-order valence-electron chi connectivity index (χ4n) is 4.98. The Morgan fingerprint density at radius 1 is 1.00 bits per heavy atom. The standard InChI is InChI=1S/C31H32N6O6/c1-31(2,3)43-30(40)27-16-20-4-5-21(17-25(20)34-27)33-29(39)24-7-6-23(37(41)42)18-26(24)35-28(38)19-10-14-36(15-11-19)22-8-12-32-13-9-22/h4-9,12-13,16-19,34H,10-11,14-15H2,1-3H3,(H,33,39)(H,35,38). The average molecular weight is 585 g/mol. The van der Waals surface area contributed by atoms with Crippen molar-refractivity contribution in [3.8, 4) is 0 Å². The van der Waals surface area contributed by atoms with E-state index in [9.17, 15) is 24.5 Å². The molecule has 0 radical (unpaired) electrons. The number of anilines is 3. The monoisotopic (exact) mass is 584 g/mol. The third-order valence-electron chi connectivity index (χ3n) is 7.11.